The van der Waals surface area contributed by atoms with Gasteiger partial charge in [-0.15, -0.1) is 0 Å². The fourth-order valence-corrected chi connectivity index (χ4v) is 3.51. The average Bonchev–Trinajstić information content (AvgIpc) is 3.18. The normalized spacial score (nSPS) is 15.0. The quantitative estimate of drug-likeness (QED) is 0.457. The number of hydrogen-bond acceptors (Lipinski definition) is 7. The number of hydrogen-bond donors (Lipinski definition) is 1. The molecule has 7 heteroatoms. The van der Waals surface area contributed by atoms with Crippen LogP contribution >= 0.6 is 0 Å². The van der Waals surface area contributed by atoms with Crippen LogP contribution in [0.5, 0.6) is 17.2 Å². The first kappa shape index (κ1) is 21.1. The van der Waals surface area contributed by atoms with Gasteiger partial charge in [0.25, 0.3) is 0 Å². The molecule has 0 fully saturated rings. The monoisotopic (exact) mass is 430 g/mol. The number of carbonyl (C=O) groups excluding carboxylic acids is 1. The number of carbonyl (C=O) groups is 1. The van der Waals surface area contributed by atoms with Crippen LogP contribution < -0.4 is 19.9 Å². The van der Waals surface area contributed by atoms with Gasteiger partial charge in [-0.25, -0.2) is 4.79 Å². The lowest BCUT2D eigenvalue weighted by molar-refractivity contribution is 0.0734. The third-order valence-electron chi connectivity index (χ3n) is 4.91. The van der Waals surface area contributed by atoms with Crippen LogP contribution in [0.1, 0.15) is 47.2 Å². The van der Waals surface area contributed by atoms with Crippen molar-refractivity contribution in [2.45, 2.75) is 32.8 Å². The molecule has 1 aliphatic heterocycles. The summed E-state index contributed by atoms with van der Waals surface area (Å²) in [7, 11) is 0. The summed E-state index contributed by atoms with van der Waals surface area (Å²) in [4.78, 5) is 12.6. The molecule has 0 saturated heterocycles. The van der Waals surface area contributed by atoms with Gasteiger partial charge in [0.15, 0.2) is 0 Å². The second kappa shape index (κ2) is 8.52. The second-order valence-corrected chi connectivity index (χ2v) is 7.65. The van der Waals surface area contributed by atoms with Gasteiger partial charge in [0.05, 0.1) is 17.6 Å². The molecule has 0 spiro atoms. The van der Waals surface area contributed by atoms with Crippen LogP contribution in [0.25, 0.3) is 0 Å². The van der Waals surface area contributed by atoms with Crippen molar-refractivity contribution in [2.75, 3.05) is 0 Å². The average molecular weight is 430 g/mol. The van der Waals surface area contributed by atoms with E-state index in [4.69, 9.17) is 24.4 Å². The number of esters is 1. The topological polar surface area (TPSA) is 108 Å². The molecule has 1 atom stereocenters. The van der Waals surface area contributed by atoms with Crippen LogP contribution in [0.4, 0.5) is 0 Å². The van der Waals surface area contributed by atoms with Crippen LogP contribution in [0.2, 0.25) is 0 Å². The van der Waals surface area contributed by atoms with E-state index >= 15 is 0 Å². The molecule has 0 amide bonds. The summed E-state index contributed by atoms with van der Waals surface area (Å²) < 4.78 is 22.5. The van der Waals surface area contributed by atoms with E-state index in [1.54, 1.807) is 48.5 Å². The number of furan rings is 1. The number of nitrogens with zero attached hydrogens (tertiary/aromatic N) is 1. The SMILES string of the molecule is Cc1ccc(C2C(C#N)=C(N)Oc3cc(OC(=O)c4ccc(OC(C)C)cc4)ccc32)o1. The van der Waals surface area contributed by atoms with Crippen LogP contribution in [-0.2, 0) is 0 Å². The number of aryl methyl sites for hydroxylation is 1. The van der Waals surface area contributed by atoms with Crippen molar-refractivity contribution in [1.82, 2.24) is 0 Å². The number of nitrogens with two attached hydrogens (primary N) is 1. The lowest BCUT2D eigenvalue weighted by Gasteiger charge is -2.25. The number of allylic oxidation sites excluding steroid dienone is 1. The number of rotatable bonds is 5. The zero-order valence-electron chi connectivity index (χ0n) is 17.9. The summed E-state index contributed by atoms with van der Waals surface area (Å²) in [6.45, 7) is 5.69. The second-order valence-electron chi connectivity index (χ2n) is 7.65. The zero-order valence-corrected chi connectivity index (χ0v) is 17.9. The fourth-order valence-electron chi connectivity index (χ4n) is 3.51. The molecule has 0 saturated carbocycles. The third-order valence-corrected chi connectivity index (χ3v) is 4.91. The highest BCUT2D eigenvalue weighted by Crippen LogP contribution is 2.43. The van der Waals surface area contributed by atoms with E-state index in [1.165, 1.54) is 0 Å². The summed E-state index contributed by atoms with van der Waals surface area (Å²) in [6.07, 6.45) is 0.0419. The molecule has 0 radical (unpaired) electrons. The third kappa shape index (κ3) is 4.16. The Morgan fingerprint density at radius 2 is 1.81 bits per heavy atom. The molecule has 3 aromatic rings. The van der Waals surface area contributed by atoms with Crippen LogP contribution in [0, 0.1) is 18.3 Å². The van der Waals surface area contributed by atoms with E-state index < -0.39 is 11.9 Å². The van der Waals surface area contributed by atoms with Crippen molar-refractivity contribution in [3.8, 4) is 23.3 Å². The van der Waals surface area contributed by atoms with Crippen LogP contribution in [0.3, 0.4) is 0 Å². The molecular weight excluding hydrogens is 408 g/mol. The molecule has 32 heavy (non-hydrogen) atoms. The van der Waals surface area contributed by atoms with Gasteiger partial charge in [-0.2, -0.15) is 5.26 Å². The van der Waals surface area contributed by atoms with Gasteiger partial charge in [-0.3, -0.25) is 0 Å². The lowest BCUT2D eigenvalue weighted by atomic mass is 9.87. The maximum Gasteiger partial charge on any atom is 0.343 e. The Balaban J connectivity index is 1.59. The van der Waals surface area contributed by atoms with Crippen LogP contribution in [-0.4, -0.2) is 12.1 Å². The molecule has 7 nitrogen and oxygen atoms in total. The first-order chi connectivity index (χ1) is 15.4. The predicted molar refractivity (Wildman–Crippen MR) is 116 cm³/mol. The smallest absolute Gasteiger partial charge is 0.343 e. The summed E-state index contributed by atoms with van der Waals surface area (Å²) in [5.41, 5.74) is 7.35. The van der Waals surface area contributed by atoms with Gasteiger partial charge >= 0.3 is 5.97 Å². The van der Waals surface area contributed by atoms with Gasteiger partial charge in [0, 0.05) is 11.6 Å². The van der Waals surface area contributed by atoms with Gasteiger partial charge < -0.3 is 24.4 Å². The minimum atomic E-state index is -0.517. The highest BCUT2D eigenvalue weighted by Gasteiger charge is 2.33. The van der Waals surface area contributed by atoms with E-state index in [-0.39, 0.29) is 17.6 Å². The molecule has 162 valence electrons. The maximum atomic E-state index is 12.6. The Hall–Kier alpha value is -4.18. The Labute approximate surface area is 185 Å². The molecule has 2 aromatic carbocycles. The van der Waals surface area contributed by atoms with Crippen molar-refractivity contribution in [2.24, 2.45) is 5.73 Å². The molecule has 4 rings (SSSR count). The maximum absolute atomic E-state index is 12.6. The number of fused-ring (bicyclic) bond motifs is 1. The minimum Gasteiger partial charge on any atom is -0.491 e. The van der Waals surface area contributed by atoms with Crippen molar-refractivity contribution >= 4 is 5.97 Å². The van der Waals surface area contributed by atoms with Crippen molar-refractivity contribution in [1.29, 1.82) is 5.26 Å². The van der Waals surface area contributed by atoms with E-state index in [0.29, 0.717) is 34.1 Å². The largest absolute Gasteiger partial charge is 0.491 e. The van der Waals surface area contributed by atoms with E-state index in [2.05, 4.69) is 6.07 Å². The minimum absolute atomic E-state index is 0.0109. The Kier molecular flexibility index (Phi) is 5.61. The van der Waals surface area contributed by atoms with E-state index in [0.717, 1.165) is 5.76 Å². The highest BCUT2D eigenvalue weighted by atomic mass is 16.5. The number of ether oxygens (including phenoxy) is 3. The van der Waals surface area contributed by atoms with Crippen molar-refractivity contribution in [3.63, 3.8) is 0 Å². The molecule has 1 aliphatic rings. The molecule has 2 N–H and O–H groups in total. The molecule has 0 bridgehead atoms. The predicted octanol–water partition coefficient (Wildman–Crippen LogP) is 4.81. The van der Waals surface area contributed by atoms with Gasteiger partial charge in [-0.1, -0.05) is 6.07 Å². The van der Waals surface area contributed by atoms with Gasteiger partial charge in [0.1, 0.15) is 40.4 Å². The van der Waals surface area contributed by atoms with Gasteiger partial charge in [0.2, 0.25) is 5.88 Å². The summed E-state index contributed by atoms with van der Waals surface area (Å²) in [6, 6.07) is 17.4. The summed E-state index contributed by atoms with van der Waals surface area (Å²) in [5, 5.41) is 9.60. The Morgan fingerprint density at radius 3 is 2.44 bits per heavy atom. The summed E-state index contributed by atoms with van der Waals surface area (Å²) in [5.74, 6) is 1.63. The Bertz CT molecular complexity index is 1230. The standard InChI is InChI=1S/C25H22N2O5/c1-14(2)29-17-7-5-16(6-8-17)25(28)31-18-9-10-19-22(12-18)32-24(27)20(13-26)23(19)21-11-4-15(3)30-21/h4-12,14,23H,27H2,1-3H3. The van der Waals surface area contributed by atoms with E-state index in [1.807, 2.05) is 26.8 Å². The molecule has 1 unspecified atom stereocenters. The van der Waals surface area contributed by atoms with Crippen LogP contribution in [0.15, 0.2) is 70.5 Å². The van der Waals surface area contributed by atoms with Crippen molar-refractivity contribution in [3.05, 3.63) is 88.7 Å². The first-order valence-electron chi connectivity index (χ1n) is 10.1. The molecular formula is C25H22N2O5. The highest BCUT2D eigenvalue weighted by molar-refractivity contribution is 5.91. The number of benzene rings is 2. The summed E-state index contributed by atoms with van der Waals surface area (Å²) >= 11 is 0. The first-order valence-corrected chi connectivity index (χ1v) is 10.1. The van der Waals surface area contributed by atoms with Gasteiger partial charge in [-0.05, 0) is 63.2 Å². The van der Waals surface area contributed by atoms with E-state index in [9.17, 15) is 10.1 Å². The Morgan fingerprint density at radius 1 is 1.09 bits per heavy atom. The molecule has 1 aromatic heterocycles. The molecule has 2 heterocycles. The fraction of sp³-hybridized carbons (Fsp3) is 0.200. The molecule has 0 aliphatic carbocycles. The lowest BCUT2D eigenvalue weighted by Crippen LogP contribution is -2.21. The van der Waals surface area contributed by atoms with Crippen molar-refractivity contribution < 1.29 is 23.4 Å². The zero-order chi connectivity index (χ0) is 22.8. The number of nitriles is 1.